The normalized spacial score (nSPS) is 15.8. The quantitative estimate of drug-likeness (QED) is 0.746. The van der Waals surface area contributed by atoms with Crippen molar-refractivity contribution in [3.05, 3.63) is 58.5 Å². The molecule has 0 radical (unpaired) electrons. The highest BCUT2D eigenvalue weighted by Gasteiger charge is 2.31. The fourth-order valence-corrected chi connectivity index (χ4v) is 2.73. The van der Waals surface area contributed by atoms with Gasteiger partial charge >= 0.3 is 5.97 Å². The topological polar surface area (TPSA) is 69.0 Å². The first kappa shape index (κ1) is 16.7. The second-order valence-corrected chi connectivity index (χ2v) is 6.02. The van der Waals surface area contributed by atoms with Crippen LogP contribution in [0.1, 0.15) is 22.2 Å². The van der Waals surface area contributed by atoms with Gasteiger partial charge in [0.15, 0.2) is 4.67 Å². The molecule has 2 aromatic rings. The molecule has 0 saturated carbocycles. The van der Waals surface area contributed by atoms with E-state index in [1.54, 1.807) is 35.2 Å². The molecule has 7 heteroatoms. The summed E-state index contributed by atoms with van der Waals surface area (Å²) in [5, 5.41) is 0. The van der Waals surface area contributed by atoms with Gasteiger partial charge in [0.1, 0.15) is 0 Å². The maximum atomic E-state index is 12.8. The lowest BCUT2D eigenvalue weighted by Crippen LogP contribution is -2.44. The average Bonchev–Trinajstić information content (AvgIpc) is 3.07. The van der Waals surface area contributed by atoms with Gasteiger partial charge in [-0.15, -0.1) is 0 Å². The number of carbonyl (C=O) groups is 2. The summed E-state index contributed by atoms with van der Waals surface area (Å²) in [6.45, 7) is 1.91. The molecule has 6 nitrogen and oxygen atoms in total. The van der Waals surface area contributed by atoms with Gasteiger partial charge < -0.3 is 18.8 Å². The molecule has 1 aliphatic rings. The van der Waals surface area contributed by atoms with Crippen LogP contribution in [0.4, 0.5) is 0 Å². The Morgan fingerprint density at radius 3 is 2.42 bits per heavy atom. The molecule has 0 aliphatic carbocycles. The summed E-state index contributed by atoms with van der Waals surface area (Å²) in [5.74, 6) is -0.905. The minimum absolute atomic E-state index is 0.0394. The zero-order valence-corrected chi connectivity index (χ0v) is 14.4. The molecule has 1 aliphatic heterocycles. The van der Waals surface area contributed by atoms with Gasteiger partial charge in [-0.2, -0.15) is 0 Å². The monoisotopic (exact) mass is 393 g/mol. The maximum absolute atomic E-state index is 12.8. The predicted octanol–water partition coefficient (Wildman–Crippen LogP) is 2.80. The van der Waals surface area contributed by atoms with Gasteiger partial charge in [-0.1, -0.05) is 30.3 Å². The number of carbonyl (C=O) groups excluding carboxylic acids is 2. The first-order valence-corrected chi connectivity index (χ1v) is 8.32. The van der Waals surface area contributed by atoms with Gasteiger partial charge in [0.2, 0.25) is 11.9 Å². The van der Waals surface area contributed by atoms with Crippen LogP contribution in [0, 0.1) is 0 Å². The summed E-state index contributed by atoms with van der Waals surface area (Å²) in [6.07, 6.45) is -1.01. The number of nitrogens with zero attached hydrogens (tertiary/aromatic N) is 1. The zero-order valence-electron chi connectivity index (χ0n) is 12.8. The Balaban J connectivity index is 1.82. The number of morpholine rings is 1. The first-order valence-electron chi connectivity index (χ1n) is 7.53. The highest BCUT2D eigenvalue weighted by molar-refractivity contribution is 9.10. The Bertz CT molecular complexity index is 709. The Morgan fingerprint density at radius 2 is 1.79 bits per heavy atom. The van der Waals surface area contributed by atoms with Gasteiger partial charge in [0.25, 0.3) is 5.91 Å². The average molecular weight is 394 g/mol. The number of ether oxygens (including phenoxy) is 2. The third-order valence-electron chi connectivity index (χ3n) is 3.65. The van der Waals surface area contributed by atoms with E-state index < -0.39 is 12.1 Å². The van der Waals surface area contributed by atoms with Crippen molar-refractivity contribution in [2.24, 2.45) is 0 Å². The summed E-state index contributed by atoms with van der Waals surface area (Å²) in [7, 11) is 0. The molecule has 0 N–H and O–H groups in total. The van der Waals surface area contributed by atoms with Crippen LogP contribution < -0.4 is 0 Å². The predicted molar refractivity (Wildman–Crippen MR) is 88.4 cm³/mol. The second kappa shape index (κ2) is 7.63. The van der Waals surface area contributed by atoms with Crippen LogP contribution in [-0.2, 0) is 14.3 Å². The fraction of sp³-hybridized carbons (Fsp3) is 0.294. The van der Waals surface area contributed by atoms with E-state index in [9.17, 15) is 9.59 Å². The van der Waals surface area contributed by atoms with E-state index in [1.807, 2.05) is 6.07 Å². The van der Waals surface area contributed by atoms with Crippen LogP contribution in [0.15, 0.2) is 51.6 Å². The minimum atomic E-state index is -1.01. The highest BCUT2D eigenvalue weighted by Crippen LogP contribution is 2.24. The standard InChI is InChI=1S/C17H16BrNO5/c18-14-7-6-13(23-14)17(21)24-15(12-4-2-1-3-5-12)16(20)19-8-10-22-11-9-19/h1-7,15H,8-11H2/t15-/m0/s1. The van der Waals surface area contributed by atoms with Crippen LogP contribution >= 0.6 is 15.9 Å². The second-order valence-electron chi connectivity index (χ2n) is 5.24. The number of halogens is 1. The highest BCUT2D eigenvalue weighted by atomic mass is 79.9. The van der Waals surface area contributed by atoms with E-state index in [4.69, 9.17) is 13.9 Å². The number of amides is 1. The Labute approximate surface area is 147 Å². The van der Waals surface area contributed by atoms with Gasteiger partial charge in [-0.05, 0) is 28.1 Å². The molecule has 0 unspecified atom stereocenters. The number of benzene rings is 1. The number of rotatable bonds is 4. The largest absolute Gasteiger partial charge is 0.442 e. The lowest BCUT2D eigenvalue weighted by atomic mass is 10.1. The van der Waals surface area contributed by atoms with Crippen LogP contribution in [0.25, 0.3) is 0 Å². The van der Waals surface area contributed by atoms with Crippen molar-refractivity contribution in [1.82, 2.24) is 4.90 Å². The minimum Gasteiger partial charge on any atom is -0.442 e. The summed E-state index contributed by atoms with van der Waals surface area (Å²) in [4.78, 5) is 26.8. The summed E-state index contributed by atoms with van der Waals surface area (Å²) < 4.78 is 16.4. The maximum Gasteiger partial charge on any atom is 0.375 e. The van der Waals surface area contributed by atoms with Crippen LogP contribution in [0.3, 0.4) is 0 Å². The number of hydrogen-bond acceptors (Lipinski definition) is 5. The molecule has 1 saturated heterocycles. The molecule has 2 heterocycles. The molecule has 0 bridgehead atoms. The molecule has 1 fully saturated rings. The first-order chi connectivity index (χ1) is 11.6. The lowest BCUT2D eigenvalue weighted by Gasteiger charge is -2.30. The van der Waals surface area contributed by atoms with Crippen molar-refractivity contribution in [2.45, 2.75) is 6.10 Å². The van der Waals surface area contributed by atoms with Crippen molar-refractivity contribution in [1.29, 1.82) is 0 Å². The van der Waals surface area contributed by atoms with E-state index in [0.29, 0.717) is 36.5 Å². The van der Waals surface area contributed by atoms with Crippen molar-refractivity contribution in [3.8, 4) is 0 Å². The van der Waals surface area contributed by atoms with Crippen molar-refractivity contribution in [3.63, 3.8) is 0 Å². The molecule has 24 heavy (non-hydrogen) atoms. The van der Waals surface area contributed by atoms with Gasteiger partial charge in [-0.25, -0.2) is 4.79 Å². The number of esters is 1. The van der Waals surface area contributed by atoms with Crippen LogP contribution in [0.2, 0.25) is 0 Å². The van der Waals surface area contributed by atoms with Crippen molar-refractivity contribution < 1.29 is 23.5 Å². The molecule has 1 atom stereocenters. The molecular formula is C17H16BrNO5. The fourth-order valence-electron chi connectivity index (χ4n) is 2.43. The summed E-state index contributed by atoms with van der Waals surface area (Å²) in [6, 6.07) is 12.0. The van der Waals surface area contributed by atoms with Crippen LogP contribution in [0.5, 0.6) is 0 Å². The Kier molecular flexibility index (Phi) is 5.32. The molecule has 0 spiro atoms. The third-order valence-corrected chi connectivity index (χ3v) is 4.07. The smallest absolute Gasteiger partial charge is 0.375 e. The van der Waals surface area contributed by atoms with Gasteiger partial charge in [0.05, 0.1) is 13.2 Å². The van der Waals surface area contributed by atoms with Crippen molar-refractivity contribution >= 4 is 27.8 Å². The van der Waals surface area contributed by atoms with Crippen LogP contribution in [-0.4, -0.2) is 43.1 Å². The molecule has 126 valence electrons. The molecular weight excluding hydrogens is 378 g/mol. The number of hydrogen-bond donors (Lipinski definition) is 0. The third kappa shape index (κ3) is 3.85. The van der Waals surface area contributed by atoms with E-state index >= 15 is 0 Å². The van der Waals surface area contributed by atoms with Crippen molar-refractivity contribution in [2.75, 3.05) is 26.3 Å². The summed E-state index contributed by atoms with van der Waals surface area (Å²) >= 11 is 3.14. The van der Waals surface area contributed by atoms with Gasteiger partial charge in [0, 0.05) is 18.7 Å². The van der Waals surface area contributed by atoms with Gasteiger partial charge in [-0.3, -0.25) is 4.79 Å². The Morgan fingerprint density at radius 1 is 1.08 bits per heavy atom. The number of furan rings is 1. The van der Waals surface area contributed by atoms with E-state index in [1.165, 1.54) is 6.07 Å². The lowest BCUT2D eigenvalue weighted by molar-refractivity contribution is -0.145. The van der Waals surface area contributed by atoms with E-state index in [-0.39, 0.29) is 11.7 Å². The SMILES string of the molecule is O=C(O[C@H](C(=O)N1CCOCC1)c1ccccc1)c1ccc(Br)o1. The molecule has 1 amide bonds. The molecule has 1 aromatic heterocycles. The Hall–Kier alpha value is -2.12. The zero-order chi connectivity index (χ0) is 16.9. The van der Waals surface area contributed by atoms with E-state index in [0.717, 1.165) is 0 Å². The summed E-state index contributed by atoms with van der Waals surface area (Å²) in [5.41, 5.74) is 0.618. The molecule has 1 aromatic carbocycles. The van der Waals surface area contributed by atoms with E-state index in [2.05, 4.69) is 15.9 Å². The molecule has 3 rings (SSSR count).